The third-order valence-corrected chi connectivity index (χ3v) is 4.45. The van der Waals surface area contributed by atoms with E-state index in [0.29, 0.717) is 6.54 Å². The molecule has 1 heterocycles. The van der Waals surface area contributed by atoms with Gasteiger partial charge in [-0.3, -0.25) is 0 Å². The van der Waals surface area contributed by atoms with Crippen molar-refractivity contribution < 1.29 is 12.8 Å². The normalized spacial score (nSPS) is 13.5. The van der Waals surface area contributed by atoms with Crippen LogP contribution < -0.4 is 4.72 Å². The predicted molar refractivity (Wildman–Crippen MR) is 71.6 cm³/mol. The molecule has 0 fully saturated rings. The summed E-state index contributed by atoms with van der Waals surface area (Å²) in [5, 5.41) is 0.268. The summed E-state index contributed by atoms with van der Waals surface area (Å²) >= 11 is 3.32. The molecule has 7 heteroatoms. The SMILES string of the molecule is CCC(CCBr)CNS(=O)(=O)c1ncccc1F. The Morgan fingerprint density at radius 2 is 2.28 bits per heavy atom. The zero-order chi connectivity index (χ0) is 13.6. The summed E-state index contributed by atoms with van der Waals surface area (Å²) in [7, 11) is -3.87. The lowest BCUT2D eigenvalue weighted by Crippen LogP contribution is -2.30. The van der Waals surface area contributed by atoms with E-state index in [1.165, 1.54) is 12.3 Å². The molecule has 4 nitrogen and oxygen atoms in total. The Balaban J connectivity index is 2.74. The van der Waals surface area contributed by atoms with Crippen LogP contribution in [0.5, 0.6) is 0 Å². The summed E-state index contributed by atoms with van der Waals surface area (Å²) < 4.78 is 39.5. The van der Waals surface area contributed by atoms with Crippen molar-refractivity contribution >= 4 is 26.0 Å². The number of rotatable bonds is 7. The first-order chi connectivity index (χ1) is 8.51. The van der Waals surface area contributed by atoms with E-state index in [1.54, 1.807) is 0 Å². The number of alkyl halides is 1. The lowest BCUT2D eigenvalue weighted by molar-refractivity contribution is 0.479. The zero-order valence-electron chi connectivity index (χ0n) is 10.1. The Kier molecular flexibility index (Phi) is 6.17. The van der Waals surface area contributed by atoms with Crippen molar-refractivity contribution in [2.24, 2.45) is 5.92 Å². The highest BCUT2D eigenvalue weighted by molar-refractivity contribution is 9.09. The number of nitrogens with zero attached hydrogens (tertiary/aromatic N) is 1. The molecular weight excluding hydrogens is 323 g/mol. The molecule has 18 heavy (non-hydrogen) atoms. The summed E-state index contributed by atoms with van der Waals surface area (Å²) in [5.41, 5.74) is 0. The maximum absolute atomic E-state index is 13.4. The fraction of sp³-hybridized carbons (Fsp3) is 0.545. The molecule has 1 rings (SSSR count). The van der Waals surface area contributed by atoms with Gasteiger partial charge in [-0.2, -0.15) is 0 Å². The molecule has 0 aliphatic heterocycles. The summed E-state index contributed by atoms with van der Waals surface area (Å²) in [6.45, 7) is 2.28. The minimum absolute atomic E-state index is 0.228. The average Bonchev–Trinajstić information content (AvgIpc) is 2.34. The fourth-order valence-corrected chi connectivity index (χ4v) is 3.23. The highest BCUT2D eigenvalue weighted by atomic mass is 79.9. The third kappa shape index (κ3) is 4.29. The van der Waals surface area contributed by atoms with E-state index in [0.717, 1.165) is 24.2 Å². The predicted octanol–water partition coefficient (Wildman–Crippen LogP) is 2.31. The number of sulfonamides is 1. The molecule has 0 aliphatic rings. The van der Waals surface area contributed by atoms with Crippen LogP contribution in [0.25, 0.3) is 0 Å². The van der Waals surface area contributed by atoms with Gasteiger partial charge in [0.15, 0.2) is 5.82 Å². The van der Waals surface area contributed by atoms with Gasteiger partial charge < -0.3 is 0 Å². The fourth-order valence-electron chi connectivity index (χ4n) is 1.47. The van der Waals surface area contributed by atoms with Gasteiger partial charge in [0, 0.05) is 18.1 Å². The first-order valence-corrected chi connectivity index (χ1v) is 8.28. The van der Waals surface area contributed by atoms with E-state index in [2.05, 4.69) is 25.6 Å². The average molecular weight is 339 g/mol. The van der Waals surface area contributed by atoms with Gasteiger partial charge in [0.25, 0.3) is 10.0 Å². The van der Waals surface area contributed by atoms with Gasteiger partial charge in [0.2, 0.25) is 5.03 Å². The number of halogens is 2. The molecule has 0 spiro atoms. The van der Waals surface area contributed by atoms with Crippen LogP contribution >= 0.6 is 15.9 Å². The van der Waals surface area contributed by atoms with Crippen LogP contribution in [0, 0.1) is 11.7 Å². The molecule has 0 aliphatic carbocycles. The van der Waals surface area contributed by atoms with Crippen molar-refractivity contribution in [3.05, 3.63) is 24.1 Å². The Bertz CT molecular complexity index is 482. The van der Waals surface area contributed by atoms with Crippen LogP contribution in [0.4, 0.5) is 4.39 Å². The summed E-state index contributed by atoms with van der Waals surface area (Å²) in [6, 6.07) is 2.44. The minimum Gasteiger partial charge on any atom is -0.241 e. The van der Waals surface area contributed by atoms with Gasteiger partial charge in [0.05, 0.1) is 0 Å². The molecule has 1 unspecified atom stereocenters. The van der Waals surface area contributed by atoms with E-state index in [-0.39, 0.29) is 5.92 Å². The standard InChI is InChI=1S/C11H16BrFN2O2S/c1-2-9(5-6-12)8-15-18(16,17)11-10(13)4-3-7-14-11/h3-4,7,9,15H,2,5-6,8H2,1H3. The first kappa shape index (κ1) is 15.5. The van der Waals surface area contributed by atoms with Gasteiger partial charge in [-0.1, -0.05) is 29.3 Å². The Morgan fingerprint density at radius 3 is 2.83 bits per heavy atom. The second kappa shape index (κ2) is 7.16. The van der Waals surface area contributed by atoms with Crippen molar-refractivity contribution in [1.29, 1.82) is 0 Å². The van der Waals surface area contributed by atoms with Gasteiger partial charge >= 0.3 is 0 Å². The number of nitrogens with one attached hydrogen (secondary N) is 1. The van der Waals surface area contributed by atoms with E-state index in [1.807, 2.05) is 6.92 Å². The Hall–Kier alpha value is -0.530. The molecule has 1 atom stereocenters. The molecule has 102 valence electrons. The van der Waals surface area contributed by atoms with Crippen molar-refractivity contribution in [3.63, 3.8) is 0 Å². The van der Waals surface area contributed by atoms with Crippen molar-refractivity contribution in [1.82, 2.24) is 9.71 Å². The first-order valence-electron chi connectivity index (χ1n) is 5.67. The van der Waals surface area contributed by atoms with Gasteiger partial charge in [-0.25, -0.2) is 22.5 Å². The number of hydrogen-bond donors (Lipinski definition) is 1. The second-order valence-corrected chi connectivity index (χ2v) is 6.37. The van der Waals surface area contributed by atoms with E-state index in [4.69, 9.17) is 0 Å². The van der Waals surface area contributed by atoms with Crippen molar-refractivity contribution in [2.45, 2.75) is 24.8 Å². The molecule has 0 amide bonds. The zero-order valence-corrected chi connectivity index (χ0v) is 12.5. The molecule has 0 radical (unpaired) electrons. The van der Waals surface area contributed by atoms with Crippen LogP contribution in [0.2, 0.25) is 0 Å². The van der Waals surface area contributed by atoms with Gasteiger partial charge in [-0.05, 0) is 24.5 Å². The minimum atomic E-state index is -3.87. The monoisotopic (exact) mass is 338 g/mol. The van der Waals surface area contributed by atoms with E-state index < -0.39 is 20.9 Å². The smallest absolute Gasteiger partial charge is 0.241 e. The number of pyridine rings is 1. The lowest BCUT2D eigenvalue weighted by Gasteiger charge is -2.14. The Morgan fingerprint density at radius 1 is 1.56 bits per heavy atom. The molecule has 0 aromatic carbocycles. The van der Waals surface area contributed by atoms with E-state index >= 15 is 0 Å². The highest BCUT2D eigenvalue weighted by Gasteiger charge is 2.21. The molecule has 1 N–H and O–H groups in total. The molecule has 1 aromatic rings. The molecule has 0 saturated heterocycles. The van der Waals surface area contributed by atoms with Crippen LogP contribution in [-0.4, -0.2) is 25.3 Å². The number of hydrogen-bond acceptors (Lipinski definition) is 3. The largest absolute Gasteiger partial charge is 0.261 e. The molecule has 0 bridgehead atoms. The maximum atomic E-state index is 13.4. The summed E-state index contributed by atoms with van der Waals surface area (Å²) in [5.74, 6) is -0.607. The van der Waals surface area contributed by atoms with Gasteiger partial charge in [-0.15, -0.1) is 0 Å². The maximum Gasteiger partial charge on any atom is 0.261 e. The topological polar surface area (TPSA) is 59.1 Å². The highest BCUT2D eigenvalue weighted by Crippen LogP contribution is 2.13. The summed E-state index contributed by atoms with van der Waals surface area (Å²) in [4.78, 5) is 3.56. The van der Waals surface area contributed by atoms with Crippen LogP contribution in [0.1, 0.15) is 19.8 Å². The summed E-state index contributed by atoms with van der Waals surface area (Å²) in [6.07, 6.45) is 2.98. The van der Waals surface area contributed by atoms with Crippen molar-refractivity contribution in [3.8, 4) is 0 Å². The van der Waals surface area contributed by atoms with Crippen LogP contribution in [0.3, 0.4) is 0 Å². The molecular formula is C11H16BrFN2O2S. The lowest BCUT2D eigenvalue weighted by atomic mass is 10.0. The number of aromatic nitrogens is 1. The molecule has 0 saturated carbocycles. The Labute approximate surface area is 115 Å². The van der Waals surface area contributed by atoms with Crippen LogP contribution in [-0.2, 0) is 10.0 Å². The third-order valence-electron chi connectivity index (χ3n) is 2.64. The van der Waals surface area contributed by atoms with Crippen molar-refractivity contribution in [2.75, 3.05) is 11.9 Å². The van der Waals surface area contributed by atoms with E-state index in [9.17, 15) is 12.8 Å². The quantitative estimate of drug-likeness (QED) is 0.776. The van der Waals surface area contributed by atoms with Crippen LogP contribution in [0.15, 0.2) is 23.4 Å². The second-order valence-electron chi connectivity index (χ2n) is 3.89. The van der Waals surface area contributed by atoms with Gasteiger partial charge in [0.1, 0.15) is 0 Å². The molecule has 1 aromatic heterocycles.